The Kier molecular flexibility index (Phi) is 55.8. The molecule has 0 heterocycles. The van der Waals surface area contributed by atoms with E-state index < -0.39 is 28.1 Å². The fourth-order valence-corrected chi connectivity index (χ4v) is 21.5. The van der Waals surface area contributed by atoms with E-state index in [4.69, 9.17) is 0 Å². The molecule has 0 fully saturated rings. The van der Waals surface area contributed by atoms with Crippen LogP contribution in [0.4, 0.5) is 0 Å². The van der Waals surface area contributed by atoms with E-state index in [0.29, 0.717) is 11.1 Å². The van der Waals surface area contributed by atoms with Crippen molar-refractivity contribution >= 4 is 28.1 Å². The first kappa shape index (κ1) is 71.9. The smallest absolute Gasteiger partial charge is 0.330 e. The maximum absolute atomic E-state index is 11.8. The molecule has 0 amide bonds. The van der Waals surface area contributed by atoms with E-state index >= 15 is 0 Å². The molecule has 0 unspecified atom stereocenters. The number of hydrogen-bond acceptors (Lipinski definition) is 2. The lowest BCUT2D eigenvalue weighted by Crippen LogP contribution is -2.33. The molecule has 0 atom stereocenters. The van der Waals surface area contributed by atoms with Crippen LogP contribution < -0.4 is 0 Å². The molecular weight excluding hydrogens is 901 g/mol. The van der Waals surface area contributed by atoms with Gasteiger partial charge < -0.3 is 10.2 Å². The lowest BCUT2D eigenvalue weighted by Gasteiger charge is -2.30. The Bertz CT molecular complexity index is 1100. The predicted octanol–water partition coefficient (Wildman–Crippen LogP) is 23.7. The van der Waals surface area contributed by atoms with Crippen LogP contribution in [0, 0.1) is 0 Å². The molecule has 0 aromatic carbocycles. The summed E-state index contributed by atoms with van der Waals surface area (Å²) < 4.78 is 0. The molecule has 4 nitrogen and oxygen atoms in total. The first-order valence-electron chi connectivity index (χ1n) is 32.4. The molecule has 0 radical (unpaired) electrons. The van der Waals surface area contributed by atoms with Crippen molar-refractivity contribution in [3.63, 3.8) is 0 Å². The molecule has 0 aliphatic carbocycles. The molecule has 0 aliphatic rings. The first-order chi connectivity index (χ1) is 34.5. The molecule has 0 saturated carbocycles. The quantitative estimate of drug-likeness (QED) is 0.0362. The molecule has 0 rings (SSSR count). The van der Waals surface area contributed by atoms with E-state index in [1.54, 1.807) is 0 Å². The largest absolute Gasteiger partial charge is 0.478 e. The highest BCUT2D eigenvalue weighted by atomic mass is 28.3. The molecule has 0 aromatic rings. The summed E-state index contributed by atoms with van der Waals surface area (Å²) in [6, 6.07) is 7.91. The van der Waals surface area contributed by atoms with Crippen molar-refractivity contribution in [3.8, 4) is 0 Å². The van der Waals surface area contributed by atoms with Gasteiger partial charge in [0.05, 0.1) is 16.1 Å². The summed E-state index contributed by atoms with van der Waals surface area (Å²) in [5.74, 6) is -1.39. The van der Waals surface area contributed by atoms with Crippen molar-refractivity contribution in [2.24, 2.45) is 0 Å². The van der Waals surface area contributed by atoms with Crippen LogP contribution in [0.3, 0.4) is 0 Å². The van der Waals surface area contributed by atoms with E-state index in [1.165, 1.54) is 325 Å². The third-order valence-electron chi connectivity index (χ3n) is 16.1. The number of carboxylic acids is 2. The Morgan fingerprint density at radius 2 is 0.380 bits per heavy atom. The molecule has 6 heteroatoms. The average Bonchev–Trinajstić information content (AvgIpc) is 3.35. The fourth-order valence-electron chi connectivity index (χ4n) is 11.4. The maximum atomic E-state index is 11.8. The highest BCUT2D eigenvalue weighted by molar-refractivity contribution is 6.85. The second kappa shape index (κ2) is 55.1. The second-order valence-electron chi connectivity index (χ2n) is 23.3. The lowest BCUT2D eigenvalue weighted by atomic mass is 10.1. The van der Waals surface area contributed by atoms with E-state index in [-0.39, 0.29) is 0 Å². The van der Waals surface area contributed by atoms with Gasteiger partial charge in [-0.15, -0.1) is 0 Å². The predicted molar refractivity (Wildman–Crippen MR) is 325 cm³/mol. The normalized spacial score (nSPS) is 12.4. The van der Waals surface area contributed by atoms with Gasteiger partial charge in [0.1, 0.15) is 0 Å². The van der Waals surface area contributed by atoms with Crippen LogP contribution >= 0.6 is 0 Å². The molecule has 0 aromatic heterocycles. The zero-order valence-electron chi connectivity index (χ0n) is 49.9. The van der Waals surface area contributed by atoms with Crippen molar-refractivity contribution in [2.75, 3.05) is 0 Å². The highest BCUT2D eigenvalue weighted by Gasteiger charge is 2.31. The Morgan fingerprint density at radius 3 is 0.507 bits per heavy atom. The van der Waals surface area contributed by atoms with Gasteiger partial charge >= 0.3 is 11.9 Å². The molecule has 2 N–H and O–H groups in total. The minimum Gasteiger partial charge on any atom is -0.478 e. The molecule has 0 spiro atoms. The van der Waals surface area contributed by atoms with Gasteiger partial charge in [0.25, 0.3) is 0 Å². The number of carbonyl (C=O) groups is 2. The summed E-state index contributed by atoms with van der Waals surface area (Å²) in [7, 11) is -3.40. The van der Waals surface area contributed by atoms with E-state index in [1.807, 2.05) is 13.8 Å². The Balaban J connectivity index is 0. The van der Waals surface area contributed by atoms with Crippen LogP contribution in [0.15, 0.2) is 22.5 Å². The van der Waals surface area contributed by atoms with Gasteiger partial charge in [0.15, 0.2) is 0 Å². The van der Waals surface area contributed by atoms with Crippen molar-refractivity contribution in [2.45, 2.75) is 381 Å². The number of hydrogen-bond donors (Lipinski definition) is 2. The molecule has 71 heavy (non-hydrogen) atoms. The average molecular weight is 1030 g/mol. The Hall–Kier alpha value is -1.15. The number of carboxylic acid groups (broad SMARTS) is 2. The van der Waals surface area contributed by atoms with Crippen molar-refractivity contribution in [1.82, 2.24) is 0 Å². The van der Waals surface area contributed by atoms with E-state index in [0.717, 1.165) is 0 Å². The minimum absolute atomic E-state index is 0.625. The number of rotatable bonds is 55. The minimum atomic E-state index is -1.71. The zero-order chi connectivity index (χ0) is 52.8. The topological polar surface area (TPSA) is 74.6 Å². The summed E-state index contributed by atoms with van der Waals surface area (Å²) >= 11 is 0. The van der Waals surface area contributed by atoms with Crippen LogP contribution in [0.25, 0.3) is 0 Å². The summed E-state index contributed by atoms with van der Waals surface area (Å²) in [5, 5.41) is 19.4. The molecule has 0 aliphatic heterocycles. The second-order valence-corrected chi connectivity index (χ2v) is 32.3. The number of unbranched alkanes of at least 4 members (excludes halogenated alkanes) is 39. The van der Waals surface area contributed by atoms with Crippen molar-refractivity contribution in [1.29, 1.82) is 0 Å². The van der Waals surface area contributed by atoms with Crippen LogP contribution in [-0.2, 0) is 9.59 Å². The Morgan fingerprint density at radius 1 is 0.254 bits per heavy atom. The number of aliphatic carboxylic acids is 2. The van der Waals surface area contributed by atoms with Crippen LogP contribution in [0.2, 0.25) is 36.3 Å². The third-order valence-corrected chi connectivity index (χ3v) is 26.3. The van der Waals surface area contributed by atoms with Crippen LogP contribution in [-0.4, -0.2) is 38.3 Å². The van der Waals surface area contributed by atoms with Gasteiger partial charge in [0, 0.05) is 11.1 Å². The van der Waals surface area contributed by atoms with E-state index in [2.05, 4.69) is 52.9 Å². The standard InChI is InChI=1S/C34H68O2Si.C31H62O2Si/c1-5-8-11-14-17-20-23-26-29-37(32-33(4)34(35)36,30-27-24-21-18-15-12-9-6-2)31-28-25-22-19-16-13-10-7-3;1-5-8-11-14-17-20-23-26-34(29-30(4)31(32)33,27-24-21-18-15-12-9-6-2)28-25-22-19-16-13-10-7-3/h32H,5-31H2,1-4H3,(H,35,36);29H,5-28H2,1-4H3,(H,32,33). The molecular formula is C65H130O4Si2. The van der Waals surface area contributed by atoms with Crippen LogP contribution in [0.5, 0.6) is 0 Å². The molecule has 0 bridgehead atoms. The SMILES string of the molecule is CCCCCCCCCC[Si](C=C(C)C(=O)O)(CCCCCCCCCC)CCCCCCCCCC.CCCCCCCCC[Si](C=C(C)C(=O)O)(CCCCCCCCC)CCCCCCCCC. The van der Waals surface area contributed by atoms with Gasteiger partial charge in [-0.25, -0.2) is 9.59 Å². The van der Waals surface area contributed by atoms with Gasteiger partial charge in [-0.1, -0.05) is 378 Å². The lowest BCUT2D eigenvalue weighted by molar-refractivity contribution is -0.133. The zero-order valence-corrected chi connectivity index (χ0v) is 51.9. The van der Waals surface area contributed by atoms with E-state index in [9.17, 15) is 19.8 Å². The highest BCUT2D eigenvalue weighted by Crippen LogP contribution is 2.34. The Labute approximate surface area is 448 Å². The van der Waals surface area contributed by atoms with Gasteiger partial charge in [-0.3, -0.25) is 0 Å². The van der Waals surface area contributed by atoms with Gasteiger partial charge in [0.2, 0.25) is 0 Å². The fraction of sp³-hybridized carbons (Fsp3) is 0.908. The molecule has 0 saturated heterocycles. The maximum Gasteiger partial charge on any atom is 0.330 e. The van der Waals surface area contributed by atoms with Crippen molar-refractivity contribution in [3.05, 3.63) is 22.5 Å². The summed E-state index contributed by atoms with van der Waals surface area (Å²) in [6.07, 6.45) is 61.1. The summed E-state index contributed by atoms with van der Waals surface area (Å²) in [4.78, 5) is 23.6. The van der Waals surface area contributed by atoms with Crippen LogP contribution in [0.1, 0.15) is 344 Å². The van der Waals surface area contributed by atoms with Crippen molar-refractivity contribution < 1.29 is 19.8 Å². The summed E-state index contributed by atoms with van der Waals surface area (Å²) in [6.45, 7) is 17.4. The summed E-state index contributed by atoms with van der Waals surface area (Å²) in [5.41, 5.74) is 5.94. The third kappa shape index (κ3) is 48.3. The first-order valence-corrected chi connectivity index (χ1v) is 37.8. The van der Waals surface area contributed by atoms with Gasteiger partial charge in [-0.2, -0.15) is 0 Å². The molecule has 422 valence electrons. The monoisotopic (exact) mass is 1030 g/mol. The van der Waals surface area contributed by atoms with Gasteiger partial charge in [-0.05, 0) is 13.8 Å².